The number of hydrogen-bond acceptors (Lipinski definition) is 6. The van der Waals surface area contributed by atoms with Crippen molar-refractivity contribution in [3.8, 4) is 17.4 Å². The van der Waals surface area contributed by atoms with Crippen molar-refractivity contribution in [3.05, 3.63) is 59.4 Å². The number of furan rings is 1. The van der Waals surface area contributed by atoms with Gasteiger partial charge in [0.25, 0.3) is 0 Å². The van der Waals surface area contributed by atoms with E-state index in [0.29, 0.717) is 35.1 Å². The van der Waals surface area contributed by atoms with Crippen LogP contribution in [-0.2, 0) is 17.7 Å². The highest BCUT2D eigenvalue weighted by molar-refractivity contribution is 5.90. The maximum Gasteiger partial charge on any atom is 0.338 e. The van der Waals surface area contributed by atoms with E-state index in [9.17, 15) is 10.1 Å². The Balaban J connectivity index is 1.58. The molecule has 0 amide bonds. The molecule has 0 saturated carbocycles. The van der Waals surface area contributed by atoms with Crippen LogP contribution in [0.15, 0.2) is 40.8 Å². The van der Waals surface area contributed by atoms with Gasteiger partial charge in [0.2, 0.25) is 0 Å². The molecule has 7 nitrogen and oxygen atoms in total. The highest BCUT2D eigenvalue weighted by Crippen LogP contribution is 2.26. The Morgan fingerprint density at radius 3 is 2.80 bits per heavy atom. The van der Waals surface area contributed by atoms with E-state index in [0.717, 1.165) is 43.6 Å². The number of carbonyl (C=O) groups excluding carboxylic acids is 1. The zero-order valence-electron chi connectivity index (χ0n) is 16.8. The van der Waals surface area contributed by atoms with Crippen LogP contribution in [0.25, 0.3) is 23.0 Å². The Morgan fingerprint density at radius 1 is 1.20 bits per heavy atom. The first kappa shape index (κ1) is 19.6. The molecule has 2 aromatic heterocycles. The molecule has 0 atom stereocenters. The van der Waals surface area contributed by atoms with E-state index >= 15 is 0 Å². The molecule has 3 heterocycles. The number of nitrogens with zero attached hydrogens (tertiary/aromatic N) is 4. The van der Waals surface area contributed by atoms with Crippen molar-refractivity contribution in [1.29, 1.82) is 5.26 Å². The number of esters is 1. The van der Waals surface area contributed by atoms with Gasteiger partial charge in [-0.25, -0.2) is 4.79 Å². The average Bonchev–Trinajstić information content (AvgIpc) is 3.33. The van der Waals surface area contributed by atoms with Crippen LogP contribution in [0.2, 0.25) is 0 Å². The van der Waals surface area contributed by atoms with E-state index in [1.807, 2.05) is 28.8 Å². The van der Waals surface area contributed by atoms with Crippen LogP contribution in [0.5, 0.6) is 0 Å². The number of aryl methyl sites for hydroxylation is 1. The van der Waals surface area contributed by atoms with Gasteiger partial charge in [-0.15, -0.1) is 10.2 Å². The molecule has 4 rings (SSSR count). The average molecular weight is 402 g/mol. The molecule has 1 aliphatic rings. The molecule has 0 saturated heterocycles. The number of allylic oxidation sites excluding steroid dienone is 1. The highest BCUT2D eigenvalue weighted by atomic mass is 16.5. The minimum atomic E-state index is -0.349. The molecule has 0 spiro atoms. The van der Waals surface area contributed by atoms with Crippen molar-refractivity contribution in [2.75, 3.05) is 6.61 Å². The highest BCUT2D eigenvalue weighted by Gasteiger charge is 2.18. The fraction of sp³-hybridized carbons (Fsp3) is 0.304. The third-order valence-electron chi connectivity index (χ3n) is 5.06. The summed E-state index contributed by atoms with van der Waals surface area (Å²) < 4.78 is 13.0. The smallest absolute Gasteiger partial charge is 0.338 e. The van der Waals surface area contributed by atoms with Crippen molar-refractivity contribution in [2.45, 2.75) is 39.2 Å². The predicted molar refractivity (Wildman–Crippen MR) is 111 cm³/mol. The predicted octanol–water partition coefficient (Wildman–Crippen LogP) is 4.51. The van der Waals surface area contributed by atoms with Crippen molar-refractivity contribution in [2.24, 2.45) is 0 Å². The number of carbonyl (C=O) groups is 1. The minimum Gasteiger partial charge on any atom is -0.462 e. The van der Waals surface area contributed by atoms with Gasteiger partial charge in [0.1, 0.15) is 29.0 Å². The number of rotatable bonds is 5. The molecule has 0 bridgehead atoms. The van der Waals surface area contributed by atoms with Gasteiger partial charge in [-0.3, -0.25) is 0 Å². The normalized spacial score (nSPS) is 13.9. The van der Waals surface area contributed by atoms with Gasteiger partial charge in [0.05, 0.1) is 12.2 Å². The van der Waals surface area contributed by atoms with Gasteiger partial charge in [-0.2, -0.15) is 5.26 Å². The summed E-state index contributed by atoms with van der Waals surface area (Å²) in [5, 5.41) is 18.2. The summed E-state index contributed by atoms with van der Waals surface area (Å²) in [6.07, 6.45) is 5.89. The second-order valence-electron chi connectivity index (χ2n) is 7.07. The van der Waals surface area contributed by atoms with Crippen molar-refractivity contribution < 1.29 is 13.9 Å². The fourth-order valence-electron chi connectivity index (χ4n) is 3.54. The zero-order chi connectivity index (χ0) is 20.9. The largest absolute Gasteiger partial charge is 0.462 e. The molecule has 0 radical (unpaired) electrons. The van der Waals surface area contributed by atoms with Crippen LogP contribution in [-0.4, -0.2) is 27.3 Å². The van der Waals surface area contributed by atoms with Crippen molar-refractivity contribution in [1.82, 2.24) is 14.8 Å². The van der Waals surface area contributed by atoms with Gasteiger partial charge in [-0.1, -0.05) is 18.6 Å². The monoisotopic (exact) mass is 402 g/mol. The lowest BCUT2D eigenvalue weighted by molar-refractivity contribution is 0.0526. The molecule has 1 aromatic carbocycles. The first-order chi connectivity index (χ1) is 14.7. The number of ether oxygens (including phenoxy) is 1. The van der Waals surface area contributed by atoms with Crippen molar-refractivity contribution >= 4 is 17.6 Å². The molecule has 7 heteroatoms. The van der Waals surface area contributed by atoms with Gasteiger partial charge in [0, 0.05) is 24.6 Å². The number of fused-ring (bicyclic) bond motifs is 1. The SMILES string of the molecule is CCOC(=O)c1ccc(-c2ccc(/C=C(\C#N)c3nnc4n3CCCCC4)o2)cc1. The number of benzene rings is 1. The molecule has 0 N–H and O–H groups in total. The van der Waals surface area contributed by atoms with Crippen LogP contribution in [0, 0.1) is 11.3 Å². The number of aromatic nitrogens is 3. The molecule has 0 fully saturated rings. The van der Waals surface area contributed by atoms with Gasteiger partial charge in [0.15, 0.2) is 5.82 Å². The molecular formula is C23H22N4O3. The van der Waals surface area contributed by atoms with Gasteiger partial charge >= 0.3 is 5.97 Å². The van der Waals surface area contributed by atoms with E-state index in [1.54, 1.807) is 25.1 Å². The quantitative estimate of drug-likeness (QED) is 0.460. The van der Waals surface area contributed by atoms with E-state index in [-0.39, 0.29) is 5.97 Å². The Hall–Kier alpha value is -3.66. The molecule has 0 unspecified atom stereocenters. The van der Waals surface area contributed by atoms with E-state index < -0.39 is 0 Å². The van der Waals surface area contributed by atoms with Crippen molar-refractivity contribution in [3.63, 3.8) is 0 Å². The second-order valence-corrected chi connectivity index (χ2v) is 7.07. The summed E-state index contributed by atoms with van der Waals surface area (Å²) in [7, 11) is 0. The van der Waals surface area contributed by atoms with E-state index in [1.165, 1.54) is 0 Å². The first-order valence-electron chi connectivity index (χ1n) is 10.1. The summed E-state index contributed by atoms with van der Waals surface area (Å²) in [5.74, 6) is 2.38. The maximum absolute atomic E-state index is 11.8. The summed E-state index contributed by atoms with van der Waals surface area (Å²) in [4.78, 5) is 11.8. The van der Waals surface area contributed by atoms with Crippen LogP contribution in [0.4, 0.5) is 0 Å². The molecule has 0 aliphatic carbocycles. The first-order valence-corrected chi connectivity index (χ1v) is 10.1. The second kappa shape index (κ2) is 8.78. The maximum atomic E-state index is 11.8. The van der Waals surface area contributed by atoms with E-state index in [2.05, 4.69) is 16.3 Å². The summed E-state index contributed by atoms with van der Waals surface area (Å²) >= 11 is 0. The zero-order valence-corrected chi connectivity index (χ0v) is 16.8. The standard InChI is InChI=1S/C23H22N4O3/c1-2-29-23(28)17-9-7-16(8-10-17)20-12-11-19(30-20)14-18(15-24)22-26-25-21-6-4-3-5-13-27(21)22/h7-12,14H,2-6,13H2,1H3/b18-14+. The minimum absolute atomic E-state index is 0.338. The lowest BCUT2D eigenvalue weighted by Crippen LogP contribution is -2.05. The summed E-state index contributed by atoms with van der Waals surface area (Å²) in [5.41, 5.74) is 1.75. The molecule has 30 heavy (non-hydrogen) atoms. The Kier molecular flexibility index (Phi) is 5.75. The molecule has 1 aliphatic heterocycles. The lowest BCUT2D eigenvalue weighted by Gasteiger charge is -2.05. The molecular weight excluding hydrogens is 380 g/mol. The topological polar surface area (TPSA) is 93.9 Å². The van der Waals surface area contributed by atoms with Crippen LogP contribution in [0.3, 0.4) is 0 Å². The van der Waals surface area contributed by atoms with Gasteiger partial charge < -0.3 is 13.7 Å². The number of nitriles is 1. The fourth-order valence-corrected chi connectivity index (χ4v) is 3.54. The third-order valence-corrected chi connectivity index (χ3v) is 5.06. The van der Waals surface area contributed by atoms with E-state index in [4.69, 9.17) is 9.15 Å². The van der Waals surface area contributed by atoms with Crippen LogP contribution in [0.1, 0.15) is 54.0 Å². The van der Waals surface area contributed by atoms with Gasteiger partial charge in [-0.05, 0) is 44.0 Å². The molecule has 152 valence electrons. The Labute approximate surface area is 174 Å². The van der Waals surface area contributed by atoms with Crippen LogP contribution < -0.4 is 0 Å². The lowest BCUT2D eigenvalue weighted by atomic mass is 10.1. The Morgan fingerprint density at radius 2 is 2.03 bits per heavy atom. The summed E-state index contributed by atoms with van der Waals surface area (Å²) in [6.45, 7) is 2.94. The van der Waals surface area contributed by atoms with Crippen LogP contribution >= 0.6 is 0 Å². The summed E-state index contributed by atoms with van der Waals surface area (Å²) in [6, 6.07) is 12.9. The number of hydrogen-bond donors (Lipinski definition) is 0. The Bertz CT molecular complexity index is 1120. The molecule has 3 aromatic rings. The third kappa shape index (κ3) is 4.03.